The molecule has 112 valence electrons. The van der Waals surface area contributed by atoms with Gasteiger partial charge in [-0.1, -0.05) is 26.0 Å². The van der Waals surface area contributed by atoms with Crippen LogP contribution in [0.1, 0.15) is 25.8 Å². The maximum Gasteiger partial charge on any atom is 0.241 e. The molecule has 1 aromatic carbocycles. The van der Waals surface area contributed by atoms with E-state index in [0.717, 1.165) is 31.7 Å². The summed E-state index contributed by atoms with van der Waals surface area (Å²) in [6.45, 7) is 7.43. The molecule has 1 amide bonds. The van der Waals surface area contributed by atoms with Gasteiger partial charge in [0.15, 0.2) is 0 Å². The van der Waals surface area contributed by atoms with E-state index in [4.69, 9.17) is 0 Å². The van der Waals surface area contributed by atoms with Crippen LogP contribution in [0.15, 0.2) is 24.3 Å². The monoisotopic (exact) mass is 277 g/mol. The first kappa shape index (κ1) is 16.5. The number of hydrogen-bond donors (Lipinski definition) is 1. The SMILES string of the molecule is CCCN(CC(=O)N(C)C)c1ccc(CNCC)cc1. The number of likely N-dealkylation sites (N-methyl/N-ethyl adjacent to an activating group) is 1. The molecule has 1 N–H and O–H groups in total. The van der Waals surface area contributed by atoms with Crippen LogP contribution in [0.2, 0.25) is 0 Å². The maximum absolute atomic E-state index is 11.9. The molecule has 0 aliphatic carbocycles. The molecule has 4 nitrogen and oxygen atoms in total. The highest BCUT2D eigenvalue weighted by Gasteiger charge is 2.12. The van der Waals surface area contributed by atoms with Gasteiger partial charge in [-0.2, -0.15) is 0 Å². The lowest BCUT2D eigenvalue weighted by atomic mass is 10.2. The standard InChI is InChI=1S/C16H27N3O/c1-5-11-19(13-16(20)18(3)4)15-9-7-14(8-10-15)12-17-6-2/h7-10,17H,5-6,11-13H2,1-4H3. The fourth-order valence-corrected chi connectivity index (χ4v) is 1.97. The van der Waals surface area contributed by atoms with Gasteiger partial charge in [-0.25, -0.2) is 0 Å². The van der Waals surface area contributed by atoms with Crippen molar-refractivity contribution in [3.05, 3.63) is 29.8 Å². The Kier molecular flexibility index (Phi) is 7.09. The molecule has 0 aliphatic heterocycles. The quantitative estimate of drug-likeness (QED) is 0.790. The molecule has 0 fully saturated rings. The Hall–Kier alpha value is -1.55. The summed E-state index contributed by atoms with van der Waals surface area (Å²) in [5, 5.41) is 3.31. The summed E-state index contributed by atoms with van der Waals surface area (Å²) in [7, 11) is 3.60. The Balaban J connectivity index is 2.73. The van der Waals surface area contributed by atoms with Crippen molar-refractivity contribution in [2.24, 2.45) is 0 Å². The van der Waals surface area contributed by atoms with E-state index in [0.29, 0.717) is 6.54 Å². The van der Waals surface area contributed by atoms with E-state index < -0.39 is 0 Å². The van der Waals surface area contributed by atoms with Gasteiger partial charge >= 0.3 is 0 Å². The van der Waals surface area contributed by atoms with Gasteiger partial charge in [0.1, 0.15) is 0 Å². The molecular weight excluding hydrogens is 250 g/mol. The third kappa shape index (κ3) is 5.21. The van der Waals surface area contributed by atoms with Crippen LogP contribution >= 0.6 is 0 Å². The number of rotatable bonds is 8. The van der Waals surface area contributed by atoms with Gasteiger partial charge in [-0.3, -0.25) is 4.79 Å². The highest BCUT2D eigenvalue weighted by molar-refractivity contribution is 5.81. The highest BCUT2D eigenvalue weighted by atomic mass is 16.2. The molecule has 1 rings (SSSR count). The van der Waals surface area contributed by atoms with Crippen LogP contribution in [0.25, 0.3) is 0 Å². The van der Waals surface area contributed by atoms with E-state index in [9.17, 15) is 4.79 Å². The van der Waals surface area contributed by atoms with Gasteiger partial charge in [0.25, 0.3) is 0 Å². The van der Waals surface area contributed by atoms with Gasteiger partial charge in [-0.05, 0) is 30.7 Å². The van der Waals surface area contributed by atoms with E-state index in [1.54, 1.807) is 19.0 Å². The number of carbonyl (C=O) groups excluding carboxylic acids is 1. The smallest absolute Gasteiger partial charge is 0.241 e. The average molecular weight is 277 g/mol. The molecule has 0 aromatic heterocycles. The second-order valence-electron chi connectivity index (χ2n) is 5.16. The summed E-state index contributed by atoms with van der Waals surface area (Å²) in [4.78, 5) is 15.7. The zero-order chi connectivity index (χ0) is 15.0. The Bertz CT molecular complexity index is 401. The van der Waals surface area contributed by atoms with Crippen molar-refractivity contribution in [3.8, 4) is 0 Å². The summed E-state index contributed by atoms with van der Waals surface area (Å²) in [6.07, 6.45) is 1.03. The van der Waals surface area contributed by atoms with Crippen LogP contribution in [0.3, 0.4) is 0 Å². The zero-order valence-electron chi connectivity index (χ0n) is 13.1. The van der Waals surface area contributed by atoms with E-state index in [-0.39, 0.29) is 5.91 Å². The largest absolute Gasteiger partial charge is 0.362 e. The summed E-state index contributed by atoms with van der Waals surface area (Å²) in [5.74, 6) is 0.134. The molecule has 1 aromatic rings. The van der Waals surface area contributed by atoms with Crippen LogP contribution in [0.4, 0.5) is 5.69 Å². The fourth-order valence-electron chi connectivity index (χ4n) is 1.97. The van der Waals surface area contributed by atoms with Gasteiger partial charge in [0, 0.05) is 32.9 Å². The van der Waals surface area contributed by atoms with Crippen molar-refractivity contribution in [3.63, 3.8) is 0 Å². The van der Waals surface area contributed by atoms with Crippen LogP contribution in [0.5, 0.6) is 0 Å². The van der Waals surface area contributed by atoms with Gasteiger partial charge in [0.05, 0.1) is 6.54 Å². The number of amides is 1. The second kappa shape index (κ2) is 8.59. The van der Waals surface area contributed by atoms with Crippen LogP contribution in [-0.4, -0.2) is 44.5 Å². The molecule has 0 unspecified atom stereocenters. The third-order valence-electron chi connectivity index (χ3n) is 3.20. The number of benzene rings is 1. The Labute approximate surface area is 122 Å². The Morgan fingerprint density at radius 3 is 2.30 bits per heavy atom. The van der Waals surface area contributed by atoms with Crippen molar-refractivity contribution < 1.29 is 4.79 Å². The Morgan fingerprint density at radius 2 is 1.80 bits per heavy atom. The summed E-state index contributed by atoms with van der Waals surface area (Å²) < 4.78 is 0. The van der Waals surface area contributed by atoms with Crippen molar-refractivity contribution in [2.45, 2.75) is 26.8 Å². The van der Waals surface area contributed by atoms with Crippen molar-refractivity contribution in [2.75, 3.05) is 38.6 Å². The molecule has 0 atom stereocenters. The van der Waals surface area contributed by atoms with E-state index in [1.165, 1.54) is 5.56 Å². The van der Waals surface area contributed by atoms with Crippen LogP contribution < -0.4 is 10.2 Å². The molecule has 0 spiro atoms. The number of anilines is 1. The number of carbonyl (C=O) groups is 1. The fraction of sp³-hybridized carbons (Fsp3) is 0.562. The molecule has 0 aliphatic rings. The minimum absolute atomic E-state index is 0.134. The van der Waals surface area contributed by atoms with E-state index in [1.807, 2.05) is 0 Å². The molecule has 0 bridgehead atoms. The topological polar surface area (TPSA) is 35.6 Å². The first-order valence-corrected chi connectivity index (χ1v) is 7.33. The lowest BCUT2D eigenvalue weighted by molar-refractivity contribution is -0.127. The molecule has 0 heterocycles. The maximum atomic E-state index is 11.9. The molecule has 4 heteroatoms. The Morgan fingerprint density at radius 1 is 1.15 bits per heavy atom. The van der Waals surface area contributed by atoms with Gasteiger partial charge in [-0.15, -0.1) is 0 Å². The minimum atomic E-state index is 0.134. The lowest BCUT2D eigenvalue weighted by Gasteiger charge is -2.25. The lowest BCUT2D eigenvalue weighted by Crippen LogP contribution is -2.37. The second-order valence-corrected chi connectivity index (χ2v) is 5.16. The van der Waals surface area contributed by atoms with E-state index >= 15 is 0 Å². The molecular formula is C16H27N3O. The average Bonchev–Trinajstić information content (AvgIpc) is 2.45. The normalized spacial score (nSPS) is 10.4. The number of hydrogen-bond acceptors (Lipinski definition) is 3. The van der Waals surface area contributed by atoms with Crippen molar-refractivity contribution in [1.29, 1.82) is 0 Å². The third-order valence-corrected chi connectivity index (χ3v) is 3.20. The first-order chi connectivity index (χ1) is 9.58. The highest BCUT2D eigenvalue weighted by Crippen LogP contribution is 2.16. The minimum Gasteiger partial charge on any atom is -0.362 e. The van der Waals surface area contributed by atoms with Crippen molar-refractivity contribution >= 4 is 11.6 Å². The molecule has 0 saturated heterocycles. The number of nitrogens with one attached hydrogen (secondary N) is 1. The predicted molar refractivity (Wildman–Crippen MR) is 85.0 cm³/mol. The summed E-state index contributed by atoms with van der Waals surface area (Å²) in [6, 6.07) is 8.46. The van der Waals surface area contributed by atoms with Crippen molar-refractivity contribution in [1.82, 2.24) is 10.2 Å². The predicted octanol–water partition coefficient (Wildman–Crippen LogP) is 2.10. The molecule has 20 heavy (non-hydrogen) atoms. The first-order valence-electron chi connectivity index (χ1n) is 7.33. The summed E-state index contributed by atoms with van der Waals surface area (Å²) in [5.41, 5.74) is 2.38. The molecule has 0 saturated carbocycles. The van der Waals surface area contributed by atoms with Gasteiger partial charge in [0.2, 0.25) is 5.91 Å². The zero-order valence-corrected chi connectivity index (χ0v) is 13.1. The molecule has 0 radical (unpaired) electrons. The van der Waals surface area contributed by atoms with Gasteiger partial charge < -0.3 is 15.1 Å². The number of nitrogens with zero attached hydrogens (tertiary/aromatic N) is 2. The van der Waals surface area contributed by atoms with E-state index in [2.05, 4.69) is 48.3 Å². The van der Waals surface area contributed by atoms with Crippen LogP contribution in [0, 0.1) is 0 Å². The van der Waals surface area contributed by atoms with Crippen LogP contribution in [-0.2, 0) is 11.3 Å². The summed E-state index contributed by atoms with van der Waals surface area (Å²) >= 11 is 0.